The predicted octanol–water partition coefficient (Wildman–Crippen LogP) is 17.2. The van der Waals surface area contributed by atoms with E-state index in [0.717, 1.165) is 83.5 Å². The van der Waals surface area contributed by atoms with Crippen molar-refractivity contribution in [1.82, 2.24) is 5.32 Å². The predicted molar refractivity (Wildman–Crippen MR) is 271 cm³/mol. The molecule has 0 fully saturated rings. The third-order valence-corrected chi connectivity index (χ3v) is 11.6. The molecule has 0 saturated carbocycles. The molecule has 0 heterocycles. The molecule has 0 aromatic rings. The lowest BCUT2D eigenvalue weighted by molar-refractivity contribution is -0.123. The molecule has 4 heteroatoms. The van der Waals surface area contributed by atoms with Crippen LogP contribution < -0.4 is 5.32 Å². The molecule has 0 aliphatic heterocycles. The molecule has 0 aromatic carbocycles. The Hall–Kier alpha value is -2.43. The number of hydrogen-bond donors (Lipinski definition) is 3. The van der Waals surface area contributed by atoms with E-state index in [4.69, 9.17) is 0 Å². The van der Waals surface area contributed by atoms with Crippen molar-refractivity contribution in [3.63, 3.8) is 0 Å². The van der Waals surface area contributed by atoms with Crippen LogP contribution in [0.2, 0.25) is 0 Å². The first-order valence-electron chi connectivity index (χ1n) is 26.3. The fourth-order valence-corrected chi connectivity index (χ4v) is 7.61. The van der Waals surface area contributed by atoms with E-state index >= 15 is 0 Å². The van der Waals surface area contributed by atoms with E-state index in [2.05, 4.69) is 92.1 Å². The minimum Gasteiger partial charge on any atom is -0.394 e. The van der Waals surface area contributed by atoms with Crippen molar-refractivity contribution < 1.29 is 15.0 Å². The van der Waals surface area contributed by atoms with Gasteiger partial charge in [-0.15, -0.1) is 0 Å². The first-order chi connectivity index (χ1) is 30.2. The van der Waals surface area contributed by atoms with Gasteiger partial charge in [0.2, 0.25) is 5.91 Å². The number of carbonyl (C=O) groups is 1. The summed E-state index contributed by atoms with van der Waals surface area (Å²) < 4.78 is 0. The van der Waals surface area contributed by atoms with Crippen molar-refractivity contribution in [3.05, 3.63) is 85.1 Å². The largest absolute Gasteiger partial charge is 0.394 e. The summed E-state index contributed by atoms with van der Waals surface area (Å²) in [4.78, 5) is 12.4. The van der Waals surface area contributed by atoms with Gasteiger partial charge in [0, 0.05) is 6.42 Å². The number of aliphatic hydroxyl groups excluding tert-OH is 2. The number of hydrogen-bond acceptors (Lipinski definition) is 3. The van der Waals surface area contributed by atoms with E-state index in [1.807, 2.05) is 6.08 Å². The van der Waals surface area contributed by atoms with Crippen molar-refractivity contribution in [1.29, 1.82) is 0 Å². The van der Waals surface area contributed by atoms with Crippen molar-refractivity contribution in [3.8, 4) is 0 Å². The van der Waals surface area contributed by atoms with E-state index in [1.54, 1.807) is 6.08 Å². The minimum atomic E-state index is -0.886. The van der Waals surface area contributed by atoms with Crippen molar-refractivity contribution in [2.75, 3.05) is 6.61 Å². The summed E-state index contributed by atoms with van der Waals surface area (Å²) in [5, 5.41) is 23.0. The molecule has 0 rings (SSSR count). The Bertz CT molecular complexity index is 1100. The molecule has 0 aliphatic rings. The normalized spacial score (nSPS) is 13.6. The Labute approximate surface area is 380 Å². The average Bonchev–Trinajstić information content (AvgIpc) is 3.26. The molecule has 0 radical (unpaired) electrons. The Morgan fingerprint density at radius 3 is 1.15 bits per heavy atom. The van der Waals surface area contributed by atoms with Crippen molar-refractivity contribution in [2.24, 2.45) is 0 Å². The zero-order chi connectivity index (χ0) is 44.2. The summed E-state index contributed by atoms with van der Waals surface area (Å²) in [6.07, 6.45) is 76.0. The van der Waals surface area contributed by atoms with Gasteiger partial charge in [-0.1, -0.05) is 247 Å². The number of unbranched alkanes of at least 4 members (excludes halogenated alkanes) is 28. The maximum absolute atomic E-state index is 12.4. The molecule has 0 aromatic heterocycles. The summed E-state index contributed by atoms with van der Waals surface area (Å²) in [7, 11) is 0. The van der Waals surface area contributed by atoms with Crippen molar-refractivity contribution in [2.45, 2.75) is 264 Å². The molecule has 3 N–H and O–H groups in total. The van der Waals surface area contributed by atoms with Crippen LogP contribution >= 0.6 is 0 Å². The first kappa shape index (κ1) is 58.6. The number of amides is 1. The van der Waals surface area contributed by atoms with Crippen LogP contribution in [-0.4, -0.2) is 34.9 Å². The lowest BCUT2D eigenvalue weighted by Crippen LogP contribution is -2.45. The summed E-state index contributed by atoms with van der Waals surface area (Å²) in [6, 6.07) is -0.664. The summed E-state index contributed by atoms with van der Waals surface area (Å²) in [5.41, 5.74) is 0. The second-order valence-corrected chi connectivity index (χ2v) is 17.5. The quantitative estimate of drug-likeness (QED) is 0.0422. The Kier molecular flexibility index (Phi) is 49.8. The number of nitrogens with one attached hydrogen (secondary N) is 1. The standard InChI is InChI=1S/C57H101NO3/c1-3-5-7-9-11-13-15-17-19-21-22-23-24-25-26-27-28-29-30-31-32-33-34-35-37-38-40-42-44-46-48-50-52-56(60)55(54-59)58-57(61)53-51-49-47-45-43-41-39-36-20-18-16-14-12-10-8-6-4-2/h6,8,12,14,18,20,35,37,39,41-42,44,50,52,55-56,59-60H,3-5,7,9-11,13,15-17,19,21-34,36,38,40,43,45-49,51,53-54H2,1-2H3,(H,58,61)/b8-6-,14-12-,20-18-,37-35+,41-39-,44-42+,52-50+. The van der Waals surface area contributed by atoms with Gasteiger partial charge in [-0.2, -0.15) is 0 Å². The van der Waals surface area contributed by atoms with Gasteiger partial charge in [-0.05, 0) is 83.5 Å². The second kappa shape index (κ2) is 51.9. The number of aliphatic hydroxyl groups is 2. The highest BCUT2D eigenvalue weighted by atomic mass is 16.3. The highest BCUT2D eigenvalue weighted by Gasteiger charge is 2.17. The van der Waals surface area contributed by atoms with Gasteiger partial charge in [-0.3, -0.25) is 4.79 Å². The number of rotatable bonds is 47. The molecular formula is C57H101NO3. The first-order valence-corrected chi connectivity index (χ1v) is 26.3. The van der Waals surface area contributed by atoms with Crippen LogP contribution in [0.3, 0.4) is 0 Å². The van der Waals surface area contributed by atoms with E-state index in [0.29, 0.717) is 6.42 Å². The molecule has 0 spiro atoms. The fourth-order valence-electron chi connectivity index (χ4n) is 7.61. The number of allylic oxidation sites excluding steroid dienone is 13. The summed E-state index contributed by atoms with van der Waals surface area (Å²) >= 11 is 0. The van der Waals surface area contributed by atoms with E-state index < -0.39 is 12.1 Å². The van der Waals surface area contributed by atoms with Gasteiger partial charge in [0.25, 0.3) is 0 Å². The molecule has 61 heavy (non-hydrogen) atoms. The smallest absolute Gasteiger partial charge is 0.220 e. The van der Waals surface area contributed by atoms with Crippen molar-refractivity contribution >= 4 is 5.91 Å². The topological polar surface area (TPSA) is 69.6 Å². The third kappa shape index (κ3) is 48.5. The molecular weight excluding hydrogens is 747 g/mol. The molecule has 0 saturated heterocycles. The van der Waals surface area contributed by atoms with E-state index in [1.165, 1.54) is 148 Å². The molecule has 4 nitrogen and oxygen atoms in total. The zero-order valence-corrected chi connectivity index (χ0v) is 40.4. The molecule has 2 unspecified atom stereocenters. The molecule has 352 valence electrons. The lowest BCUT2D eigenvalue weighted by atomic mass is 10.0. The SMILES string of the molecule is CC/C=C\C/C=C\C/C=C\C/C=C\CCCCCCC(=O)NC(CO)C(O)/C=C/CC/C=C/CC/C=C/CCCCCCCCCCCCCCCCCCCCCCCC. The Morgan fingerprint density at radius 1 is 0.410 bits per heavy atom. The van der Waals surface area contributed by atoms with Gasteiger partial charge < -0.3 is 15.5 Å². The van der Waals surface area contributed by atoms with Gasteiger partial charge in [0.1, 0.15) is 0 Å². The summed E-state index contributed by atoms with van der Waals surface area (Å²) in [5.74, 6) is -0.103. The van der Waals surface area contributed by atoms with Crippen LogP contribution in [0.15, 0.2) is 85.1 Å². The van der Waals surface area contributed by atoms with Crippen LogP contribution in [-0.2, 0) is 4.79 Å². The summed E-state index contributed by atoms with van der Waals surface area (Å²) in [6.45, 7) is 4.18. The second-order valence-electron chi connectivity index (χ2n) is 17.5. The van der Waals surface area contributed by atoms with E-state index in [-0.39, 0.29) is 12.5 Å². The third-order valence-electron chi connectivity index (χ3n) is 11.6. The van der Waals surface area contributed by atoms with Gasteiger partial charge in [-0.25, -0.2) is 0 Å². The molecule has 2 atom stereocenters. The molecule has 1 amide bonds. The highest BCUT2D eigenvalue weighted by Crippen LogP contribution is 2.16. The van der Waals surface area contributed by atoms with Gasteiger partial charge in [0.15, 0.2) is 0 Å². The highest BCUT2D eigenvalue weighted by molar-refractivity contribution is 5.76. The molecule has 0 bridgehead atoms. The zero-order valence-electron chi connectivity index (χ0n) is 40.4. The fraction of sp³-hybridized carbons (Fsp3) is 0.737. The maximum atomic E-state index is 12.4. The lowest BCUT2D eigenvalue weighted by Gasteiger charge is -2.19. The van der Waals surface area contributed by atoms with Gasteiger partial charge >= 0.3 is 0 Å². The molecule has 0 aliphatic carbocycles. The number of carbonyl (C=O) groups excluding carboxylic acids is 1. The van der Waals surface area contributed by atoms with Crippen LogP contribution in [0.5, 0.6) is 0 Å². The van der Waals surface area contributed by atoms with Gasteiger partial charge in [0.05, 0.1) is 18.8 Å². The van der Waals surface area contributed by atoms with Crippen LogP contribution in [0, 0.1) is 0 Å². The maximum Gasteiger partial charge on any atom is 0.220 e. The monoisotopic (exact) mass is 848 g/mol. The Balaban J connectivity index is 3.59. The Morgan fingerprint density at radius 2 is 0.738 bits per heavy atom. The van der Waals surface area contributed by atoms with Crippen LogP contribution in [0.4, 0.5) is 0 Å². The minimum absolute atomic E-state index is 0.103. The average molecular weight is 848 g/mol. The van der Waals surface area contributed by atoms with E-state index in [9.17, 15) is 15.0 Å². The van der Waals surface area contributed by atoms with Crippen LogP contribution in [0.1, 0.15) is 251 Å². The van der Waals surface area contributed by atoms with Crippen LogP contribution in [0.25, 0.3) is 0 Å².